The molecular weight excluding hydrogens is 408 g/mol. The lowest BCUT2D eigenvalue weighted by Gasteiger charge is -2.32. The normalized spacial score (nSPS) is 16.6. The number of aromatic amines is 1. The van der Waals surface area contributed by atoms with E-state index in [9.17, 15) is 9.59 Å². The lowest BCUT2D eigenvalue weighted by atomic mass is 10.0. The van der Waals surface area contributed by atoms with Crippen LogP contribution in [0.4, 0.5) is 0 Å². The van der Waals surface area contributed by atoms with Crippen molar-refractivity contribution in [1.82, 2.24) is 29.7 Å². The highest BCUT2D eigenvalue weighted by Crippen LogP contribution is 2.32. The van der Waals surface area contributed by atoms with E-state index in [1.165, 1.54) is 4.52 Å². The van der Waals surface area contributed by atoms with Gasteiger partial charge in [0.15, 0.2) is 5.65 Å². The summed E-state index contributed by atoms with van der Waals surface area (Å²) in [6.07, 6.45) is 2.69. The molecule has 1 aliphatic rings. The minimum absolute atomic E-state index is 0.0240. The summed E-state index contributed by atoms with van der Waals surface area (Å²) < 4.78 is 7.36. The van der Waals surface area contributed by atoms with Gasteiger partial charge in [-0.15, -0.1) is 10.2 Å². The molecule has 1 aromatic carbocycles. The minimum atomic E-state index is -0.306. The Morgan fingerprint density at radius 2 is 1.91 bits per heavy atom. The van der Waals surface area contributed by atoms with Gasteiger partial charge in [0.1, 0.15) is 11.6 Å². The molecule has 0 bridgehead atoms. The number of H-pyrrole nitrogens is 1. The summed E-state index contributed by atoms with van der Waals surface area (Å²) in [6.45, 7) is 5.88. The smallest absolute Gasteiger partial charge is 0.285 e. The molecule has 1 saturated heterocycles. The molecule has 9 nitrogen and oxygen atoms in total. The van der Waals surface area contributed by atoms with Gasteiger partial charge in [-0.1, -0.05) is 30.3 Å². The van der Waals surface area contributed by atoms with Gasteiger partial charge in [0.25, 0.3) is 11.4 Å². The van der Waals surface area contributed by atoms with E-state index in [4.69, 9.17) is 9.40 Å². The standard InChI is InChI=1S/C23H24N6O3/c1-13-19(22-26-25-21(32-22)17-11-7-8-12-28(17)15(3)30)23(31)29-20(24-13)18(14(2)27-29)16-9-5-4-6-10-16/h4-6,9-10,17,27H,7-8,11-12H2,1-3H3. The number of nitrogens with zero attached hydrogens (tertiary/aromatic N) is 5. The summed E-state index contributed by atoms with van der Waals surface area (Å²) in [4.78, 5) is 31.9. The number of piperidine rings is 1. The average molecular weight is 432 g/mol. The number of carbonyl (C=O) groups excluding carboxylic acids is 1. The Kier molecular flexibility index (Phi) is 4.88. The lowest BCUT2D eigenvalue weighted by Crippen LogP contribution is -2.37. The fourth-order valence-corrected chi connectivity index (χ4v) is 4.52. The van der Waals surface area contributed by atoms with Crippen molar-refractivity contribution in [1.29, 1.82) is 0 Å². The van der Waals surface area contributed by atoms with E-state index in [2.05, 4.69) is 15.3 Å². The van der Waals surface area contributed by atoms with Crippen molar-refractivity contribution in [3.8, 4) is 22.6 Å². The molecule has 1 N–H and O–H groups in total. The van der Waals surface area contributed by atoms with Crippen molar-refractivity contribution in [2.45, 2.75) is 46.1 Å². The molecule has 164 valence electrons. The SMILES string of the molecule is CC(=O)N1CCCCC1c1nnc(-c2c(C)nc3c(-c4ccccc4)c(C)[nH]n3c2=O)o1. The zero-order valence-electron chi connectivity index (χ0n) is 18.3. The fourth-order valence-electron chi connectivity index (χ4n) is 4.52. The Bertz CT molecular complexity index is 1370. The number of rotatable bonds is 3. The van der Waals surface area contributed by atoms with Gasteiger partial charge in [0.05, 0.1) is 5.69 Å². The molecule has 5 rings (SSSR count). The first-order chi connectivity index (χ1) is 15.5. The molecule has 4 heterocycles. The van der Waals surface area contributed by atoms with Crippen molar-refractivity contribution in [2.75, 3.05) is 6.54 Å². The summed E-state index contributed by atoms with van der Waals surface area (Å²) >= 11 is 0. The Hall–Kier alpha value is -3.75. The van der Waals surface area contributed by atoms with Gasteiger partial charge >= 0.3 is 0 Å². The first-order valence-electron chi connectivity index (χ1n) is 10.7. The number of aromatic nitrogens is 5. The maximum absolute atomic E-state index is 13.4. The number of amides is 1. The van der Waals surface area contributed by atoms with Crippen LogP contribution in [0.1, 0.15) is 49.5 Å². The number of nitrogens with one attached hydrogen (secondary N) is 1. The van der Waals surface area contributed by atoms with Crippen molar-refractivity contribution in [2.24, 2.45) is 0 Å². The predicted molar refractivity (Wildman–Crippen MR) is 118 cm³/mol. The van der Waals surface area contributed by atoms with E-state index in [1.807, 2.05) is 37.3 Å². The quantitative estimate of drug-likeness (QED) is 0.531. The van der Waals surface area contributed by atoms with Gasteiger partial charge in [0.2, 0.25) is 11.8 Å². The maximum Gasteiger partial charge on any atom is 0.285 e. The molecule has 0 radical (unpaired) electrons. The van der Waals surface area contributed by atoms with E-state index >= 15 is 0 Å². The van der Waals surface area contributed by atoms with Gasteiger partial charge in [-0.05, 0) is 38.7 Å². The van der Waals surface area contributed by atoms with E-state index in [-0.39, 0.29) is 29.0 Å². The first kappa shape index (κ1) is 20.2. The number of benzene rings is 1. The van der Waals surface area contributed by atoms with Gasteiger partial charge < -0.3 is 9.32 Å². The molecular formula is C23H24N6O3. The Labute approximate surface area is 184 Å². The van der Waals surface area contributed by atoms with Crippen molar-refractivity contribution >= 4 is 11.6 Å². The summed E-state index contributed by atoms with van der Waals surface area (Å²) in [5.41, 5.74) is 3.70. The monoisotopic (exact) mass is 432 g/mol. The first-order valence-corrected chi connectivity index (χ1v) is 10.7. The lowest BCUT2D eigenvalue weighted by molar-refractivity contribution is -0.133. The highest BCUT2D eigenvalue weighted by Gasteiger charge is 2.31. The average Bonchev–Trinajstić information content (AvgIpc) is 3.39. The van der Waals surface area contributed by atoms with Crippen LogP contribution in [0.5, 0.6) is 0 Å². The van der Waals surface area contributed by atoms with Gasteiger partial charge in [-0.25, -0.2) is 9.50 Å². The fraction of sp³-hybridized carbons (Fsp3) is 0.348. The van der Waals surface area contributed by atoms with Crippen LogP contribution in [0.15, 0.2) is 39.5 Å². The minimum Gasteiger partial charge on any atom is -0.418 e. The highest BCUT2D eigenvalue weighted by atomic mass is 16.4. The molecule has 1 unspecified atom stereocenters. The molecule has 3 aromatic heterocycles. The Morgan fingerprint density at radius 3 is 2.66 bits per heavy atom. The summed E-state index contributed by atoms with van der Waals surface area (Å²) in [7, 11) is 0. The van der Waals surface area contributed by atoms with Gasteiger partial charge in [-0.3, -0.25) is 14.7 Å². The maximum atomic E-state index is 13.4. The molecule has 1 amide bonds. The van der Waals surface area contributed by atoms with E-state index in [1.54, 1.807) is 18.7 Å². The molecule has 0 spiro atoms. The molecule has 0 saturated carbocycles. The van der Waals surface area contributed by atoms with Crippen LogP contribution in [0.25, 0.3) is 28.2 Å². The third-order valence-corrected chi connectivity index (χ3v) is 6.05. The highest BCUT2D eigenvalue weighted by molar-refractivity contribution is 5.80. The third kappa shape index (κ3) is 3.21. The zero-order chi connectivity index (χ0) is 22.4. The number of aryl methyl sites for hydroxylation is 2. The molecule has 1 fully saturated rings. The number of likely N-dealkylation sites (tertiary alicyclic amines) is 1. The van der Waals surface area contributed by atoms with Crippen LogP contribution < -0.4 is 5.56 Å². The Morgan fingerprint density at radius 1 is 1.12 bits per heavy atom. The van der Waals surface area contributed by atoms with Crippen LogP contribution >= 0.6 is 0 Å². The number of fused-ring (bicyclic) bond motifs is 1. The van der Waals surface area contributed by atoms with Crippen LogP contribution in [0, 0.1) is 13.8 Å². The second kappa shape index (κ2) is 7.74. The summed E-state index contributed by atoms with van der Waals surface area (Å²) in [6, 6.07) is 9.56. The van der Waals surface area contributed by atoms with E-state index < -0.39 is 0 Å². The van der Waals surface area contributed by atoms with Crippen LogP contribution in [-0.4, -0.2) is 42.1 Å². The predicted octanol–water partition coefficient (Wildman–Crippen LogP) is 3.43. The summed E-state index contributed by atoms with van der Waals surface area (Å²) in [5, 5.41) is 11.5. The van der Waals surface area contributed by atoms with Crippen LogP contribution in [0.2, 0.25) is 0 Å². The number of hydrogen-bond donors (Lipinski definition) is 1. The molecule has 1 aliphatic heterocycles. The number of carbonyl (C=O) groups is 1. The number of hydrogen-bond acceptors (Lipinski definition) is 6. The van der Waals surface area contributed by atoms with Crippen molar-refractivity contribution in [3.05, 3.63) is 58.0 Å². The van der Waals surface area contributed by atoms with Crippen molar-refractivity contribution in [3.63, 3.8) is 0 Å². The second-order valence-electron chi connectivity index (χ2n) is 8.18. The van der Waals surface area contributed by atoms with Gasteiger partial charge in [-0.2, -0.15) is 0 Å². The third-order valence-electron chi connectivity index (χ3n) is 6.05. The van der Waals surface area contributed by atoms with Crippen LogP contribution in [-0.2, 0) is 4.79 Å². The second-order valence-corrected chi connectivity index (χ2v) is 8.18. The molecule has 0 aliphatic carbocycles. The Balaban J connectivity index is 1.61. The van der Waals surface area contributed by atoms with Crippen LogP contribution in [0.3, 0.4) is 0 Å². The molecule has 1 atom stereocenters. The molecule has 9 heteroatoms. The molecule has 4 aromatic rings. The van der Waals surface area contributed by atoms with Gasteiger partial charge in [0, 0.05) is 24.7 Å². The topological polar surface area (TPSA) is 109 Å². The van der Waals surface area contributed by atoms with E-state index in [0.717, 1.165) is 36.1 Å². The van der Waals surface area contributed by atoms with E-state index in [0.29, 0.717) is 23.8 Å². The largest absolute Gasteiger partial charge is 0.418 e. The van der Waals surface area contributed by atoms with Crippen molar-refractivity contribution < 1.29 is 9.21 Å². The summed E-state index contributed by atoms with van der Waals surface area (Å²) in [5.74, 6) is 0.447. The zero-order valence-corrected chi connectivity index (χ0v) is 18.3. The molecule has 32 heavy (non-hydrogen) atoms.